The summed E-state index contributed by atoms with van der Waals surface area (Å²) in [5.74, 6) is 0.0725. The van der Waals surface area contributed by atoms with Gasteiger partial charge in [0.1, 0.15) is 0 Å². The largest absolute Gasteiger partial charge is 0.329 e. The first-order valence-electron chi connectivity index (χ1n) is 4.05. The molecule has 1 heterocycles. The van der Waals surface area contributed by atoms with Crippen LogP contribution < -0.4 is 5.73 Å². The first kappa shape index (κ1) is 9.95. The second kappa shape index (κ2) is 2.97. The van der Waals surface area contributed by atoms with E-state index in [9.17, 15) is 8.42 Å². The molecule has 2 N–H and O–H groups in total. The Kier molecular flexibility index (Phi) is 2.47. The Labute approximate surface area is 73.8 Å². The van der Waals surface area contributed by atoms with Gasteiger partial charge in [0, 0.05) is 19.6 Å². The van der Waals surface area contributed by atoms with Crippen molar-refractivity contribution in [2.24, 2.45) is 11.1 Å². The molecule has 0 aromatic rings. The molecular formula is C7H16N2O2S. The standard InChI is InChI=1S/C7H16N2O2S/c1-7(2)5-9(6-7)12(10,11)4-3-8/h3-6,8H2,1-2H3. The number of nitrogens with two attached hydrogens (primary N) is 1. The summed E-state index contributed by atoms with van der Waals surface area (Å²) >= 11 is 0. The molecule has 0 saturated carbocycles. The molecule has 0 unspecified atom stereocenters. The maximum atomic E-state index is 11.3. The number of sulfonamides is 1. The summed E-state index contributed by atoms with van der Waals surface area (Å²) in [4.78, 5) is 0. The molecule has 1 fully saturated rings. The fourth-order valence-electron chi connectivity index (χ4n) is 1.38. The van der Waals surface area contributed by atoms with Gasteiger partial charge in [-0.05, 0) is 5.41 Å². The number of hydrogen-bond donors (Lipinski definition) is 1. The zero-order valence-corrected chi connectivity index (χ0v) is 8.39. The third kappa shape index (κ3) is 1.97. The highest BCUT2D eigenvalue weighted by Crippen LogP contribution is 2.30. The fourth-order valence-corrected chi connectivity index (χ4v) is 3.03. The Morgan fingerprint density at radius 2 is 1.92 bits per heavy atom. The van der Waals surface area contributed by atoms with Crippen LogP contribution in [0.1, 0.15) is 13.8 Å². The second-order valence-electron chi connectivity index (χ2n) is 4.04. The minimum atomic E-state index is -3.04. The van der Waals surface area contributed by atoms with Crippen LogP contribution in [-0.4, -0.2) is 38.1 Å². The van der Waals surface area contributed by atoms with Crippen molar-refractivity contribution in [2.45, 2.75) is 13.8 Å². The molecule has 0 radical (unpaired) electrons. The van der Waals surface area contributed by atoms with Gasteiger partial charge in [0.2, 0.25) is 10.0 Å². The lowest BCUT2D eigenvalue weighted by Gasteiger charge is -2.44. The monoisotopic (exact) mass is 192 g/mol. The average molecular weight is 192 g/mol. The molecular weight excluding hydrogens is 176 g/mol. The van der Waals surface area contributed by atoms with E-state index in [0.717, 1.165) is 0 Å². The zero-order chi connectivity index (χ0) is 9.41. The molecule has 5 heteroatoms. The van der Waals surface area contributed by atoms with Crippen molar-refractivity contribution in [1.82, 2.24) is 4.31 Å². The second-order valence-corrected chi connectivity index (χ2v) is 6.13. The van der Waals surface area contributed by atoms with Gasteiger partial charge >= 0.3 is 0 Å². The molecule has 0 aromatic carbocycles. The van der Waals surface area contributed by atoms with Gasteiger partial charge in [0.25, 0.3) is 0 Å². The molecule has 1 saturated heterocycles. The molecule has 1 aliphatic heterocycles. The highest BCUT2D eigenvalue weighted by molar-refractivity contribution is 7.89. The highest BCUT2D eigenvalue weighted by Gasteiger charge is 2.40. The molecule has 1 rings (SSSR count). The molecule has 0 atom stereocenters. The van der Waals surface area contributed by atoms with Crippen LogP contribution in [0.3, 0.4) is 0 Å². The van der Waals surface area contributed by atoms with Crippen molar-refractivity contribution >= 4 is 10.0 Å². The predicted octanol–water partition coefficient (Wildman–Crippen LogP) is -0.383. The minimum absolute atomic E-state index is 0.0725. The fraction of sp³-hybridized carbons (Fsp3) is 1.00. The van der Waals surface area contributed by atoms with E-state index in [4.69, 9.17) is 5.73 Å². The van der Waals surface area contributed by atoms with E-state index < -0.39 is 10.0 Å². The van der Waals surface area contributed by atoms with Gasteiger partial charge in [0.05, 0.1) is 5.75 Å². The van der Waals surface area contributed by atoms with Gasteiger partial charge in [-0.1, -0.05) is 13.8 Å². The van der Waals surface area contributed by atoms with Crippen LogP contribution in [0.4, 0.5) is 0 Å². The summed E-state index contributed by atoms with van der Waals surface area (Å²) in [7, 11) is -3.04. The van der Waals surface area contributed by atoms with Gasteiger partial charge in [0.15, 0.2) is 0 Å². The van der Waals surface area contributed by atoms with E-state index in [1.54, 1.807) is 0 Å². The van der Waals surface area contributed by atoms with Crippen molar-refractivity contribution in [2.75, 3.05) is 25.4 Å². The van der Waals surface area contributed by atoms with E-state index in [1.165, 1.54) is 4.31 Å². The number of rotatable bonds is 3. The molecule has 0 amide bonds. The molecule has 0 spiro atoms. The topological polar surface area (TPSA) is 63.4 Å². The van der Waals surface area contributed by atoms with Crippen LogP contribution >= 0.6 is 0 Å². The van der Waals surface area contributed by atoms with Gasteiger partial charge < -0.3 is 5.73 Å². The lowest BCUT2D eigenvalue weighted by molar-refractivity contribution is 0.111. The first-order valence-corrected chi connectivity index (χ1v) is 5.66. The van der Waals surface area contributed by atoms with E-state index in [1.807, 2.05) is 0 Å². The van der Waals surface area contributed by atoms with E-state index in [-0.39, 0.29) is 17.7 Å². The lowest BCUT2D eigenvalue weighted by atomic mass is 9.87. The molecule has 0 bridgehead atoms. The predicted molar refractivity (Wildman–Crippen MR) is 48.2 cm³/mol. The Morgan fingerprint density at radius 3 is 2.25 bits per heavy atom. The van der Waals surface area contributed by atoms with Crippen molar-refractivity contribution in [1.29, 1.82) is 0 Å². The van der Waals surface area contributed by atoms with E-state index >= 15 is 0 Å². The Bertz CT molecular complexity index is 251. The van der Waals surface area contributed by atoms with Crippen LogP contribution in [0.5, 0.6) is 0 Å². The van der Waals surface area contributed by atoms with E-state index in [2.05, 4.69) is 13.8 Å². The summed E-state index contributed by atoms with van der Waals surface area (Å²) in [6.07, 6.45) is 0. The van der Waals surface area contributed by atoms with Crippen molar-refractivity contribution in [3.05, 3.63) is 0 Å². The number of nitrogens with zero attached hydrogens (tertiary/aromatic N) is 1. The van der Waals surface area contributed by atoms with Crippen LogP contribution in [0, 0.1) is 5.41 Å². The summed E-state index contributed by atoms with van der Waals surface area (Å²) in [6.45, 7) is 5.59. The van der Waals surface area contributed by atoms with Gasteiger partial charge in [-0.15, -0.1) is 0 Å². The molecule has 1 aliphatic rings. The third-order valence-corrected chi connectivity index (χ3v) is 3.77. The lowest BCUT2D eigenvalue weighted by Crippen LogP contribution is -2.56. The zero-order valence-electron chi connectivity index (χ0n) is 7.58. The molecule has 72 valence electrons. The van der Waals surface area contributed by atoms with Crippen LogP contribution in [-0.2, 0) is 10.0 Å². The van der Waals surface area contributed by atoms with Gasteiger partial charge in [-0.2, -0.15) is 0 Å². The van der Waals surface area contributed by atoms with Gasteiger partial charge in [-0.25, -0.2) is 12.7 Å². The number of hydrogen-bond acceptors (Lipinski definition) is 3. The van der Waals surface area contributed by atoms with Crippen LogP contribution in [0.25, 0.3) is 0 Å². The molecule has 0 aliphatic carbocycles. The quantitative estimate of drug-likeness (QED) is 0.663. The molecule has 4 nitrogen and oxygen atoms in total. The van der Waals surface area contributed by atoms with Crippen LogP contribution in [0.15, 0.2) is 0 Å². The Morgan fingerprint density at radius 1 is 1.42 bits per heavy atom. The van der Waals surface area contributed by atoms with Crippen molar-refractivity contribution in [3.8, 4) is 0 Å². The minimum Gasteiger partial charge on any atom is -0.329 e. The maximum absolute atomic E-state index is 11.3. The van der Waals surface area contributed by atoms with Crippen molar-refractivity contribution in [3.63, 3.8) is 0 Å². The molecule has 0 aromatic heterocycles. The molecule has 12 heavy (non-hydrogen) atoms. The smallest absolute Gasteiger partial charge is 0.215 e. The summed E-state index contributed by atoms with van der Waals surface area (Å²) in [5.41, 5.74) is 5.35. The Hall–Kier alpha value is -0.130. The maximum Gasteiger partial charge on any atom is 0.215 e. The SMILES string of the molecule is CC1(C)CN(S(=O)(=O)CCN)C1. The highest BCUT2D eigenvalue weighted by atomic mass is 32.2. The summed E-state index contributed by atoms with van der Waals surface area (Å²) < 4.78 is 24.2. The normalized spacial score (nSPS) is 23.6. The first-order chi connectivity index (χ1) is 5.37. The third-order valence-electron chi connectivity index (χ3n) is 1.98. The van der Waals surface area contributed by atoms with Gasteiger partial charge in [-0.3, -0.25) is 0 Å². The summed E-state index contributed by atoms with van der Waals surface area (Å²) in [6, 6.07) is 0. The Balaban J connectivity index is 2.53. The van der Waals surface area contributed by atoms with E-state index in [0.29, 0.717) is 13.1 Å². The summed E-state index contributed by atoms with van der Waals surface area (Å²) in [5, 5.41) is 0. The van der Waals surface area contributed by atoms with Crippen molar-refractivity contribution < 1.29 is 8.42 Å². The average Bonchev–Trinajstić information content (AvgIpc) is 1.82. The van der Waals surface area contributed by atoms with Crippen LogP contribution in [0.2, 0.25) is 0 Å².